The van der Waals surface area contributed by atoms with Crippen molar-refractivity contribution < 1.29 is 18.3 Å². The molecule has 2 heterocycles. The van der Waals surface area contributed by atoms with E-state index in [1.165, 1.54) is 4.31 Å². The third-order valence-electron chi connectivity index (χ3n) is 5.07. The third kappa shape index (κ3) is 3.65. The highest BCUT2D eigenvalue weighted by Crippen LogP contribution is 2.28. The van der Waals surface area contributed by atoms with Gasteiger partial charge in [-0.1, -0.05) is 19.1 Å². The quantitative estimate of drug-likeness (QED) is 0.870. The van der Waals surface area contributed by atoms with Gasteiger partial charge in [0.2, 0.25) is 10.0 Å². The van der Waals surface area contributed by atoms with Gasteiger partial charge < -0.3 is 9.84 Å². The Hall–Kier alpha value is -0.990. The minimum Gasteiger partial charge on any atom is -0.389 e. The Kier molecular flexibility index (Phi) is 4.99. The van der Waals surface area contributed by atoms with Crippen molar-refractivity contribution in [1.82, 2.24) is 9.21 Å². The van der Waals surface area contributed by atoms with Crippen molar-refractivity contribution in [2.24, 2.45) is 5.92 Å². The number of likely N-dealkylation sites (tertiary alicyclic amines) is 1. The van der Waals surface area contributed by atoms with Crippen LogP contribution in [0.15, 0.2) is 29.2 Å². The van der Waals surface area contributed by atoms with Crippen LogP contribution in [-0.4, -0.2) is 67.7 Å². The SMILES string of the molecule is C[C@@H]1CN(Cc2ccc(S(=O)(=O)N3CCOCC3)cc2)C[C@]1(C)O. The molecule has 24 heavy (non-hydrogen) atoms. The van der Waals surface area contributed by atoms with Crippen LogP contribution in [0, 0.1) is 5.92 Å². The Morgan fingerprint density at radius 2 is 1.88 bits per heavy atom. The molecular formula is C17H26N2O4S. The summed E-state index contributed by atoms with van der Waals surface area (Å²) in [6.07, 6.45) is 0. The van der Waals surface area contributed by atoms with Gasteiger partial charge in [0, 0.05) is 32.7 Å². The molecule has 0 aliphatic carbocycles. The van der Waals surface area contributed by atoms with Crippen LogP contribution in [0.25, 0.3) is 0 Å². The molecule has 0 amide bonds. The van der Waals surface area contributed by atoms with Gasteiger partial charge in [0.1, 0.15) is 0 Å². The number of ether oxygens (including phenoxy) is 1. The van der Waals surface area contributed by atoms with Crippen LogP contribution in [0.5, 0.6) is 0 Å². The van der Waals surface area contributed by atoms with Gasteiger partial charge >= 0.3 is 0 Å². The molecule has 1 aromatic carbocycles. The largest absolute Gasteiger partial charge is 0.389 e. The molecule has 0 bridgehead atoms. The molecule has 0 unspecified atom stereocenters. The van der Waals surface area contributed by atoms with Crippen LogP contribution in [-0.2, 0) is 21.3 Å². The monoisotopic (exact) mass is 354 g/mol. The maximum absolute atomic E-state index is 12.6. The lowest BCUT2D eigenvalue weighted by molar-refractivity contribution is 0.0364. The minimum atomic E-state index is -3.43. The fourth-order valence-electron chi connectivity index (χ4n) is 3.34. The number of aliphatic hydroxyl groups is 1. The zero-order valence-electron chi connectivity index (χ0n) is 14.3. The number of hydrogen-bond donors (Lipinski definition) is 1. The smallest absolute Gasteiger partial charge is 0.243 e. The van der Waals surface area contributed by atoms with Crippen LogP contribution >= 0.6 is 0 Å². The number of β-amino-alcohol motifs (C(OH)–C–C–N with tert-alkyl or cyclic N) is 1. The summed E-state index contributed by atoms with van der Waals surface area (Å²) in [5.41, 5.74) is 0.403. The Balaban J connectivity index is 1.67. The first-order valence-electron chi connectivity index (χ1n) is 8.40. The molecule has 2 aliphatic rings. The van der Waals surface area contributed by atoms with Crippen molar-refractivity contribution >= 4 is 10.0 Å². The molecule has 0 saturated carbocycles. The molecule has 3 rings (SSSR count). The van der Waals surface area contributed by atoms with E-state index in [-0.39, 0.29) is 5.92 Å². The molecule has 134 valence electrons. The van der Waals surface area contributed by atoms with Crippen LogP contribution < -0.4 is 0 Å². The van der Waals surface area contributed by atoms with Gasteiger partial charge in [-0.05, 0) is 30.5 Å². The number of hydrogen-bond acceptors (Lipinski definition) is 5. The van der Waals surface area contributed by atoms with Gasteiger partial charge in [0.25, 0.3) is 0 Å². The molecule has 2 aliphatic heterocycles. The van der Waals surface area contributed by atoms with E-state index in [1.807, 2.05) is 19.1 Å². The van der Waals surface area contributed by atoms with Gasteiger partial charge in [-0.25, -0.2) is 8.42 Å². The molecule has 7 heteroatoms. The van der Waals surface area contributed by atoms with Crippen molar-refractivity contribution in [2.75, 3.05) is 39.4 Å². The first kappa shape index (κ1) is 17.8. The highest BCUT2D eigenvalue weighted by molar-refractivity contribution is 7.89. The van der Waals surface area contributed by atoms with E-state index < -0.39 is 15.6 Å². The molecule has 1 N–H and O–H groups in total. The Morgan fingerprint density at radius 3 is 2.42 bits per heavy atom. The zero-order valence-corrected chi connectivity index (χ0v) is 15.1. The topological polar surface area (TPSA) is 70.1 Å². The molecule has 0 aromatic heterocycles. The van der Waals surface area contributed by atoms with Crippen molar-refractivity contribution in [2.45, 2.75) is 30.9 Å². The normalized spacial score (nSPS) is 29.9. The van der Waals surface area contributed by atoms with E-state index in [9.17, 15) is 13.5 Å². The van der Waals surface area contributed by atoms with E-state index in [0.717, 1.165) is 18.7 Å². The van der Waals surface area contributed by atoms with E-state index in [0.29, 0.717) is 37.7 Å². The first-order chi connectivity index (χ1) is 11.3. The summed E-state index contributed by atoms with van der Waals surface area (Å²) < 4.78 is 31.9. The maximum Gasteiger partial charge on any atom is 0.243 e. The van der Waals surface area contributed by atoms with E-state index in [2.05, 4.69) is 11.8 Å². The van der Waals surface area contributed by atoms with Crippen LogP contribution in [0.4, 0.5) is 0 Å². The number of nitrogens with zero attached hydrogens (tertiary/aromatic N) is 2. The maximum atomic E-state index is 12.6. The molecule has 2 saturated heterocycles. The van der Waals surface area contributed by atoms with E-state index in [1.54, 1.807) is 12.1 Å². The third-order valence-corrected chi connectivity index (χ3v) is 6.99. The predicted octanol–water partition coefficient (Wildman–Crippen LogP) is 0.910. The Labute approximate surface area is 144 Å². The fraction of sp³-hybridized carbons (Fsp3) is 0.647. The van der Waals surface area contributed by atoms with Gasteiger partial charge in [-0.2, -0.15) is 4.31 Å². The Morgan fingerprint density at radius 1 is 1.25 bits per heavy atom. The van der Waals surface area contributed by atoms with Gasteiger partial charge in [0.05, 0.1) is 23.7 Å². The highest BCUT2D eigenvalue weighted by atomic mass is 32.2. The van der Waals surface area contributed by atoms with Crippen molar-refractivity contribution in [3.63, 3.8) is 0 Å². The molecule has 2 fully saturated rings. The first-order valence-corrected chi connectivity index (χ1v) is 9.84. The van der Waals surface area contributed by atoms with E-state index in [4.69, 9.17) is 4.74 Å². The Bertz CT molecular complexity index is 666. The van der Waals surface area contributed by atoms with Gasteiger partial charge in [-0.3, -0.25) is 4.90 Å². The number of sulfonamides is 1. The lowest BCUT2D eigenvalue weighted by Crippen LogP contribution is -2.40. The number of rotatable bonds is 4. The lowest BCUT2D eigenvalue weighted by atomic mass is 9.95. The van der Waals surface area contributed by atoms with Crippen molar-refractivity contribution in [3.05, 3.63) is 29.8 Å². The van der Waals surface area contributed by atoms with Crippen LogP contribution in [0.2, 0.25) is 0 Å². The summed E-state index contributed by atoms with van der Waals surface area (Å²) in [6, 6.07) is 7.09. The molecule has 0 spiro atoms. The van der Waals surface area contributed by atoms with Crippen LogP contribution in [0.3, 0.4) is 0 Å². The average Bonchev–Trinajstić information content (AvgIpc) is 2.81. The second-order valence-electron chi connectivity index (χ2n) is 7.09. The molecular weight excluding hydrogens is 328 g/mol. The molecule has 2 atom stereocenters. The zero-order chi connectivity index (χ0) is 17.4. The van der Waals surface area contributed by atoms with Gasteiger partial charge in [-0.15, -0.1) is 0 Å². The lowest BCUT2D eigenvalue weighted by Gasteiger charge is -2.26. The summed E-state index contributed by atoms with van der Waals surface area (Å²) in [5.74, 6) is 0.235. The molecule has 6 nitrogen and oxygen atoms in total. The summed E-state index contributed by atoms with van der Waals surface area (Å²) in [6.45, 7) is 7.85. The predicted molar refractivity (Wildman–Crippen MR) is 91.1 cm³/mol. The fourth-order valence-corrected chi connectivity index (χ4v) is 4.75. The molecule has 1 aromatic rings. The van der Waals surface area contributed by atoms with Crippen LogP contribution in [0.1, 0.15) is 19.4 Å². The van der Waals surface area contributed by atoms with Crippen molar-refractivity contribution in [1.29, 1.82) is 0 Å². The number of morpholine rings is 1. The molecule has 0 radical (unpaired) electrons. The summed E-state index contributed by atoms with van der Waals surface area (Å²) in [4.78, 5) is 2.53. The summed E-state index contributed by atoms with van der Waals surface area (Å²) in [5, 5.41) is 10.3. The minimum absolute atomic E-state index is 0.235. The van der Waals surface area contributed by atoms with Gasteiger partial charge in [0.15, 0.2) is 0 Å². The van der Waals surface area contributed by atoms with Crippen molar-refractivity contribution in [3.8, 4) is 0 Å². The number of benzene rings is 1. The average molecular weight is 354 g/mol. The second kappa shape index (κ2) is 6.72. The van der Waals surface area contributed by atoms with E-state index >= 15 is 0 Å². The summed E-state index contributed by atoms with van der Waals surface area (Å²) in [7, 11) is -3.43. The highest BCUT2D eigenvalue weighted by Gasteiger charge is 2.38. The standard InChI is InChI=1S/C17H26N2O4S/c1-14-11-18(13-17(14,2)20)12-15-3-5-16(6-4-15)24(21,22)19-7-9-23-10-8-19/h3-6,14,20H,7-13H2,1-2H3/t14-,17+/m1/s1. The summed E-state index contributed by atoms with van der Waals surface area (Å²) >= 11 is 0. The second-order valence-corrected chi connectivity index (χ2v) is 9.03.